The summed E-state index contributed by atoms with van der Waals surface area (Å²) in [6, 6.07) is 5.79. The fourth-order valence-corrected chi connectivity index (χ4v) is 3.62. The van der Waals surface area contributed by atoms with E-state index in [0.717, 1.165) is 39.4 Å². The van der Waals surface area contributed by atoms with Crippen LogP contribution in [0.5, 0.6) is 0 Å². The fourth-order valence-electron chi connectivity index (χ4n) is 2.32. The highest BCUT2D eigenvalue weighted by Gasteiger charge is 2.31. The second kappa shape index (κ2) is 5.57. The van der Waals surface area contributed by atoms with Gasteiger partial charge in [0.25, 0.3) is 5.91 Å². The summed E-state index contributed by atoms with van der Waals surface area (Å²) in [6.07, 6.45) is 5.15. The predicted octanol–water partition coefficient (Wildman–Crippen LogP) is 4.47. The molecule has 2 nitrogen and oxygen atoms in total. The maximum absolute atomic E-state index is 12.7. The molecular formula is C15H17Br2NO. The number of hydrogen-bond donors (Lipinski definition) is 0. The topological polar surface area (TPSA) is 20.3 Å². The second-order valence-electron chi connectivity index (χ2n) is 5.76. The maximum Gasteiger partial charge on any atom is 0.253 e. The van der Waals surface area contributed by atoms with Crippen molar-refractivity contribution in [3.05, 3.63) is 32.7 Å². The van der Waals surface area contributed by atoms with Crippen molar-refractivity contribution in [3.63, 3.8) is 0 Å². The molecule has 3 rings (SSSR count). The lowest BCUT2D eigenvalue weighted by Crippen LogP contribution is -2.34. The zero-order valence-electron chi connectivity index (χ0n) is 10.7. The van der Waals surface area contributed by atoms with Crippen LogP contribution in [0, 0.1) is 11.8 Å². The lowest BCUT2D eigenvalue weighted by atomic mass is 10.2. The van der Waals surface area contributed by atoms with Crippen LogP contribution >= 0.6 is 31.9 Å². The third kappa shape index (κ3) is 3.82. The summed E-state index contributed by atoms with van der Waals surface area (Å²) in [5, 5.41) is 0. The Morgan fingerprint density at radius 1 is 1.00 bits per heavy atom. The quantitative estimate of drug-likeness (QED) is 0.730. The molecule has 0 heterocycles. The molecule has 0 aromatic heterocycles. The fraction of sp³-hybridized carbons (Fsp3) is 0.533. The van der Waals surface area contributed by atoms with Gasteiger partial charge in [0.2, 0.25) is 0 Å². The summed E-state index contributed by atoms with van der Waals surface area (Å²) in [4.78, 5) is 14.7. The van der Waals surface area contributed by atoms with Crippen LogP contribution < -0.4 is 0 Å². The first-order valence-corrected chi connectivity index (χ1v) is 8.46. The van der Waals surface area contributed by atoms with Crippen LogP contribution in [-0.4, -0.2) is 23.9 Å². The number of rotatable bonds is 5. The van der Waals surface area contributed by atoms with E-state index in [9.17, 15) is 4.79 Å². The van der Waals surface area contributed by atoms with E-state index in [2.05, 4.69) is 36.8 Å². The van der Waals surface area contributed by atoms with Crippen LogP contribution in [0.4, 0.5) is 0 Å². The molecule has 2 fully saturated rings. The molecule has 0 spiro atoms. The van der Waals surface area contributed by atoms with Crippen molar-refractivity contribution in [2.24, 2.45) is 11.8 Å². The van der Waals surface area contributed by atoms with Gasteiger partial charge < -0.3 is 4.90 Å². The number of halogens is 2. The molecule has 102 valence electrons. The van der Waals surface area contributed by atoms with Crippen molar-refractivity contribution in [2.75, 3.05) is 13.1 Å². The summed E-state index contributed by atoms with van der Waals surface area (Å²) >= 11 is 6.91. The van der Waals surface area contributed by atoms with Crippen molar-refractivity contribution in [1.29, 1.82) is 0 Å². The van der Waals surface area contributed by atoms with Gasteiger partial charge in [-0.05, 0) is 55.7 Å². The van der Waals surface area contributed by atoms with Crippen LogP contribution in [-0.2, 0) is 0 Å². The first-order valence-electron chi connectivity index (χ1n) is 6.87. The van der Waals surface area contributed by atoms with Gasteiger partial charge in [-0.3, -0.25) is 4.79 Å². The van der Waals surface area contributed by atoms with Gasteiger partial charge in [0.05, 0.1) is 0 Å². The SMILES string of the molecule is O=C(c1cc(Br)cc(Br)c1)N(CC1CC1)CC1CC1. The number of carbonyl (C=O) groups excluding carboxylic acids is 1. The van der Waals surface area contributed by atoms with E-state index in [0.29, 0.717) is 0 Å². The molecule has 2 aliphatic carbocycles. The van der Waals surface area contributed by atoms with Crippen LogP contribution in [0.15, 0.2) is 27.1 Å². The van der Waals surface area contributed by atoms with E-state index in [-0.39, 0.29) is 5.91 Å². The molecule has 19 heavy (non-hydrogen) atoms. The number of carbonyl (C=O) groups is 1. The van der Waals surface area contributed by atoms with E-state index >= 15 is 0 Å². The minimum absolute atomic E-state index is 0.181. The van der Waals surface area contributed by atoms with Crippen molar-refractivity contribution in [2.45, 2.75) is 25.7 Å². The smallest absolute Gasteiger partial charge is 0.253 e. The Morgan fingerprint density at radius 3 is 1.89 bits per heavy atom. The highest BCUT2D eigenvalue weighted by atomic mass is 79.9. The second-order valence-corrected chi connectivity index (χ2v) is 7.59. The largest absolute Gasteiger partial charge is 0.338 e. The number of amides is 1. The Morgan fingerprint density at radius 2 is 1.47 bits per heavy atom. The Hall–Kier alpha value is -0.350. The third-order valence-corrected chi connectivity index (χ3v) is 4.66. The number of hydrogen-bond acceptors (Lipinski definition) is 1. The molecular weight excluding hydrogens is 370 g/mol. The molecule has 0 radical (unpaired) electrons. The molecule has 0 aliphatic heterocycles. The van der Waals surface area contributed by atoms with E-state index < -0.39 is 0 Å². The molecule has 0 saturated heterocycles. The molecule has 0 atom stereocenters. The first-order chi connectivity index (χ1) is 9.11. The average Bonchev–Trinajstić information content (AvgIpc) is 3.20. The summed E-state index contributed by atoms with van der Waals surface area (Å²) in [6.45, 7) is 1.89. The lowest BCUT2D eigenvalue weighted by Gasteiger charge is -2.23. The molecule has 0 bridgehead atoms. The minimum atomic E-state index is 0.181. The highest BCUT2D eigenvalue weighted by molar-refractivity contribution is 9.11. The molecule has 2 saturated carbocycles. The molecule has 1 aromatic carbocycles. The van der Waals surface area contributed by atoms with Crippen molar-refractivity contribution in [3.8, 4) is 0 Å². The van der Waals surface area contributed by atoms with E-state index in [1.807, 2.05) is 18.2 Å². The van der Waals surface area contributed by atoms with Gasteiger partial charge >= 0.3 is 0 Å². The third-order valence-electron chi connectivity index (χ3n) is 3.75. The highest BCUT2D eigenvalue weighted by Crippen LogP contribution is 2.34. The van der Waals surface area contributed by atoms with Gasteiger partial charge in [-0.2, -0.15) is 0 Å². The van der Waals surface area contributed by atoms with Gasteiger partial charge in [-0.1, -0.05) is 31.9 Å². The van der Waals surface area contributed by atoms with E-state index in [1.165, 1.54) is 25.7 Å². The average molecular weight is 387 g/mol. The summed E-state index contributed by atoms with van der Waals surface area (Å²) in [5.74, 6) is 1.68. The summed E-state index contributed by atoms with van der Waals surface area (Å²) in [5.41, 5.74) is 0.780. The van der Waals surface area contributed by atoms with Gasteiger partial charge in [-0.25, -0.2) is 0 Å². The van der Waals surface area contributed by atoms with E-state index in [4.69, 9.17) is 0 Å². The Kier molecular flexibility index (Phi) is 3.99. The first kappa shape index (κ1) is 13.6. The molecule has 1 amide bonds. The van der Waals surface area contributed by atoms with Gasteiger partial charge in [0.15, 0.2) is 0 Å². The zero-order chi connectivity index (χ0) is 13.4. The summed E-state index contributed by atoms with van der Waals surface area (Å²) < 4.78 is 1.89. The number of benzene rings is 1. The Balaban J connectivity index is 1.76. The lowest BCUT2D eigenvalue weighted by molar-refractivity contribution is 0.0739. The van der Waals surface area contributed by atoms with Crippen LogP contribution in [0.1, 0.15) is 36.0 Å². The van der Waals surface area contributed by atoms with Crippen LogP contribution in [0.2, 0.25) is 0 Å². The molecule has 1 aromatic rings. The zero-order valence-corrected chi connectivity index (χ0v) is 13.9. The maximum atomic E-state index is 12.7. The van der Waals surface area contributed by atoms with Crippen molar-refractivity contribution >= 4 is 37.8 Å². The normalized spacial score (nSPS) is 18.4. The van der Waals surface area contributed by atoms with Gasteiger partial charge in [-0.15, -0.1) is 0 Å². The molecule has 0 unspecified atom stereocenters. The standard InChI is InChI=1S/C15H17Br2NO/c16-13-5-12(6-14(17)7-13)15(19)18(8-10-1-2-10)9-11-3-4-11/h5-7,10-11H,1-4,8-9H2. The van der Waals surface area contributed by atoms with Crippen molar-refractivity contribution < 1.29 is 4.79 Å². The van der Waals surface area contributed by atoms with Crippen LogP contribution in [0.3, 0.4) is 0 Å². The molecule has 4 heteroatoms. The van der Waals surface area contributed by atoms with Crippen LogP contribution in [0.25, 0.3) is 0 Å². The Labute approximate surface area is 130 Å². The molecule has 2 aliphatic rings. The van der Waals surface area contributed by atoms with E-state index in [1.54, 1.807) is 0 Å². The predicted molar refractivity (Wildman–Crippen MR) is 83.2 cm³/mol. The Bertz CT molecular complexity index is 461. The minimum Gasteiger partial charge on any atom is -0.338 e. The monoisotopic (exact) mass is 385 g/mol. The van der Waals surface area contributed by atoms with Gasteiger partial charge in [0, 0.05) is 27.6 Å². The molecule has 0 N–H and O–H groups in total. The van der Waals surface area contributed by atoms with Crippen molar-refractivity contribution in [1.82, 2.24) is 4.90 Å². The summed E-state index contributed by atoms with van der Waals surface area (Å²) in [7, 11) is 0. The van der Waals surface area contributed by atoms with Gasteiger partial charge in [0.1, 0.15) is 0 Å². The number of nitrogens with zero attached hydrogens (tertiary/aromatic N) is 1.